The predicted molar refractivity (Wildman–Crippen MR) is 67.2 cm³/mol. The van der Waals surface area contributed by atoms with Gasteiger partial charge in [0.25, 0.3) is 0 Å². The molecule has 1 unspecified atom stereocenters. The molecule has 1 saturated carbocycles. The van der Waals surface area contributed by atoms with Crippen molar-refractivity contribution in [2.75, 3.05) is 6.54 Å². The zero-order valence-electron chi connectivity index (χ0n) is 10.1. The van der Waals surface area contributed by atoms with Gasteiger partial charge in [-0.05, 0) is 48.4 Å². The molecule has 1 aromatic carbocycles. The molecule has 3 aliphatic rings. The van der Waals surface area contributed by atoms with Gasteiger partial charge in [0.15, 0.2) is 0 Å². The Balaban J connectivity index is 1.92. The van der Waals surface area contributed by atoms with Crippen LogP contribution in [0.25, 0.3) is 0 Å². The van der Waals surface area contributed by atoms with Crippen molar-refractivity contribution in [1.29, 1.82) is 0 Å². The second-order valence-corrected chi connectivity index (χ2v) is 6.04. The van der Waals surface area contributed by atoms with Crippen LogP contribution in [0.5, 0.6) is 5.75 Å². The van der Waals surface area contributed by atoms with E-state index in [0.717, 1.165) is 18.9 Å². The van der Waals surface area contributed by atoms with Gasteiger partial charge in [-0.1, -0.05) is 18.9 Å². The number of hydrogen-bond acceptors (Lipinski definition) is 2. The molecule has 2 fully saturated rings. The topological polar surface area (TPSA) is 32.3 Å². The first kappa shape index (κ1) is 9.95. The number of fused-ring (bicyclic) bond motifs is 1. The summed E-state index contributed by atoms with van der Waals surface area (Å²) in [6, 6.07) is 6.71. The van der Waals surface area contributed by atoms with Gasteiger partial charge in [-0.2, -0.15) is 0 Å². The van der Waals surface area contributed by atoms with E-state index < -0.39 is 0 Å². The zero-order valence-corrected chi connectivity index (χ0v) is 10.1. The first-order valence-electron chi connectivity index (χ1n) is 6.85. The maximum atomic E-state index is 9.78. The molecule has 0 amide bonds. The Labute approximate surface area is 102 Å². The van der Waals surface area contributed by atoms with Crippen LogP contribution in [0.3, 0.4) is 0 Å². The summed E-state index contributed by atoms with van der Waals surface area (Å²) in [5.74, 6) is 1.25. The minimum atomic E-state index is 0.342. The lowest BCUT2D eigenvalue weighted by Gasteiger charge is -2.45. The lowest BCUT2D eigenvalue weighted by molar-refractivity contribution is 0.201. The number of phenols is 1. The third-order valence-electron chi connectivity index (χ3n) is 5.33. The molecule has 0 aromatic heterocycles. The van der Waals surface area contributed by atoms with Gasteiger partial charge < -0.3 is 10.4 Å². The predicted octanol–water partition coefficient (Wildman–Crippen LogP) is 2.35. The van der Waals surface area contributed by atoms with Crippen molar-refractivity contribution < 1.29 is 5.11 Å². The van der Waals surface area contributed by atoms with Crippen LogP contribution in [0, 0.1) is 5.92 Å². The van der Waals surface area contributed by atoms with Gasteiger partial charge >= 0.3 is 0 Å². The second kappa shape index (κ2) is 3.26. The molecule has 4 rings (SSSR count). The van der Waals surface area contributed by atoms with E-state index in [1.807, 2.05) is 12.1 Å². The Kier molecular flexibility index (Phi) is 1.91. The molecular formula is C15H19NO. The van der Waals surface area contributed by atoms with Gasteiger partial charge in [-0.25, -0.2) is 0 Å². The van der Waals surface area contributed by atoms with Crippen LogP contribution in [-0.2, 0) is 11.8 Å². The van der Waals surface area contributed by atoms with E-state index >= 15 is 0 Å². The Morgan fingerprint density at radius 3 is 3.18 bits per heavy atom. The molecule has 17 heavy (non-hydrogen) atoms. The van der Waals surface area contributed by atoms with Crippen molar-refractivity contribution in [3.8, 4) is 5.75 Å². The van der Waals surface area contributed by atoms with Gasteiger partial charge in [-0.3, -0.25) is 0 Å². The monoisotopic (exact) mass is 229 g/mol. The third-order valence-corrected chi connectivity index (χ3v) is 5.33. The van der Waals surface area contributed by atoms with Crippen molar-refractivity contribution in [3.63, 3.8) is 0 Å². The summed E-state index contributed by atoms with van der Waals surface area (Å²) in [4.78, 5) is 0. The van der Waals surface area contributed by atoms with Crippen molar-refractivity contribution in [3.05, 3.63) is 29.3 Å². The lowest BCUT2D eigenvalue weighted by atomic mass is 9.58. The summed E-state index contributed by atoms with van der Waals surface area (Å²) in [6.07, 6.45) is 6.56. The molecule has 90 valence electrons. The molecule has 1 heterocycles. The Morgan fingerprint density at radius 1 is 1.29 bits per heavy atom. The molecule has 1 saturated heterocycles. The summed E-state index contributed by atoms with van der Waals surface area (Å²) in [5.41, 5.74) is 3.26. The average Bonchev–Trinajstić information content (AvgIpc) is 2.65. The lowest BCUT2D eigenvalue weighted by Crippen LogP contribution is -2.43. The average molecular weight is 229 g/mol. The molecule has 2 bridgehead atoms. The van der Waals surface area contributed by atoms with E-state index in [4.69, 9.17) is 0 Å². The van der Waals surface area contributed by atoms with Crippen LogP contribution in [-0.4, -0.2) is 17.7 Å². The molecule has 2 aliphatic carbocycles. The minimum Gasteiger partial charge on any atom is -0.508 e. The Hall–Kier alpha value is -1.02. The fourth-order valence-electron chi connectivity index (χ4n) is 4.61. The first-order valence-corrected chi connectivity index (χ1v) is 6.85. The van der Waals surface area contributed by atoms with E-state index in [9.17, 15) is 5.11 Å². The molecule has 3 atom stereocenters. The van der Waals surface area contributed by atoms with Gasteiger partial charge in [0.05, 0.1) is 0 Å². The molecule has 1 aliphatic heterocycles. The fraction of sp³-hybridized carbons (Fsp3) is 0.600. The highest BCUT2D eigenvalue weighted by Gasteiger charge is 2.53. The Morgan fingerprint density at radius 2 is 2.24 bits per heavy atom. The van der Waals surface area contributed by atoms with Crippen molar-refractivity contribution in [2.45, 2.75) is 43.6 Å². The maximum Gasteiger partial charge on any atom is 0.115 e. The standard InChI is InChI=1S/C15H19NO/c17-11-5-4-10-7-14-12-3-1-2-6-15(12,9-16-14)13(10)8-11/h4-5,8,12,14,16-17H,1-3,6-7,9H2/t12-,14?,15+/m0/s1. The first-order chi connectivity index (χ1) is 8.29. The highest BCUT2D eigenvalue weighted by atomic mass is 16.3. The van der Waals surface area contributed by atoms with Gasteiger partial charge in [0.2, 0.25) is 0 Å². The molecule has 2 nitrogen and oxygen atoms in total. The summed E-state index contributed by atoms with van der Waals surface area (Å²) in [6.45, 7) is 1.12. The minimum absolute atomic E-state index is 0.342. The number of aromatic hydroxyl groups is 1. The number of hydrogen-bond donors (Lipinski definition) is 2. The maximum absolute atomic E-state index is 9.78. The quantitative estimate of drug-likeness (QED) is 0.715. The Bertz CT molecular complexity index is 470. The van der Waals surface area contributed by atoms with E-state index in [2.05, 4.69) is 11.4 Å². The molecule has 1 aromatic rings. The van der Waals surface area contributed by atoms with E-state index in [0.29, 0.717) is 17.2 Å². The molecular weight excluding hydrogens is 210 g/mol. The zero-order chi connectivity index (χ0) is 11.5. The van der Waals surface area contributed by atoms with Crippen molar-refractivity contribution in [2.24, 2.45) is 5.92 Å². The van der Waals surface area contributed by atoms with Crippen LogP contribution in [0.1, 0.15) is 36.8 Å². The fourth-order valence-corrected chi connectivity index (χ4v) is 4.61. The number of rotatable bonds is 0. The molecule has 0 spiro atoms. The van der Waals surface area contributed by atoms with Gasteiger partial charge in [0, 0.05) is 18.0 Å². The third kappa shape index (κ3) is 1.19. The number of phenolic OH excluding ortho intramolecular Hbond substituents is 1. The largest absolute Gasteiger partial charge is 0.508 e. The number of benzene rings is 1. The molecule has 0 radical (unpaired) electrons. The van der Waals surface area contributed by atoms with Crippen LogP contribution < -0.4 is 5.32 Å². The summed E-state index contributed by atoms with van der Waals surface area (Å²) < 4.78 is 0. The highest BCUT2D eigenvalue weighted by molar-refractivity contribution is 5.46. The van der Waals surface area contributed by atoms with Crippen LogP contribution >= 0.6 is 0 Å². The van der Waals surface area contributed by atoms with Crippen LogP contribution in [0.15, 0.2) is 18.2 Å². The van der Waals surface area contributed by atoms with Crippen molar-refractivity contribution >= 4 is 0 Å². The van der Waals surface area contributed by atoms with Gasteiger partial charge in [0.1, 0.15) is 5.75 Å². The van der Waals surface area contributed by atoms with Crippen molar-refractivity contribution in [1.82, 2.24) is 5.32 Å². The van der Waals surface area contributed by atoms with E-state index in [1.165, 1.54) is 36.8 Å². The summed E-state index contributed by atoms with van der Waals surface area (Å²) in [7, 11) is 0. The van der Waals surface area contributed by atoms with Crippen LogP contribution in [0.2, 0.25) is 0 Å². The molecule has 2 N–H and O–H groups in total. The second-order valence-electron chi connectivity index (χ2n) is 6.04. The van der Waals surface area contributed by atoms with Crippen LogP contribution in [0.4, 0.5) is 0 Å². The summed E-state index contributed by atoms with van der Waals surface area (Å²) in [5, 5.41) is 13.5. The normalized spacial score (nSPS) is 38.6. The van der Waals surface area contributed by atoms with Gasteiger partial charge in [-0.15, -0.1) is 0 Å². The molecule has 2 heteroatoms. The van der Waals surface area contributed by atoms with E-state index in [1.54, 1.807) is 0 Å². The van der Waals surface area contributed by atoms with E-state index in [-0.39, 0.29) is 0 Å². The summed E-state index contributed by atoms with van der Waals surface area (Å²) >= 11 is 0. The highest BCUT2D eigenvalue weighted by Crippen LogP contribution is 2.53. The smallest absolute Gasteiger partial charge is 0.115 e. The number of nitrogens with one attached hydrogen (secondary N) is 1. The SMILES string of the molecule is Oc1ccc2c(c1)[C@@]13CCCC[C@H]1C(C2)NC3.